The third-order valence-electron chi connectivity index (χ3n) is 3.82. The van der Waals surface area contributed by atoms with Crippen LogP contribution >= 0.6 is 0 Å². The average molecular weight is 251 g/mol. The van der Waals surface area contributed by atoms with Crippen LogP contribution in [0.25, 0.3) is 0 Å². The zero-order valence-corrected chi connectivity index (χ0v) is 12.4. The predicted octanol–water partition coefficient (Wildman–Crippen LogP) is 3.25. The summed E-state index contributed by atoms with van der Waals surface area (Å²) in [7, 11) is 0. The number of imidazole rings is 1. The van der Waals surface area contributed by atoms with E-state index in [0.29, 0.717) is 6.04 Å². The van der Waals surface area contributed by atoms with E-state index in [-0.39, 0.29) is 0 Å². The standard InChI is InChI=1S/C15H29N3/c1-5-9-16-14(13(6-2)7-3)12-15-17-10-11-18(15)8-4/h10-11,13-14,16H,5-9,12H2,1-4H3. The van der Waals surface area contributed by atoms with Crippen LogP contribution in [0.3, 0.4) is 0 Å². The summed E-state index contributed by atoms with van der Waals surface area (Å²) >= 11 is 0. The molecule has 1 heterocycles. The van der Waals surface area contributed by atoms with Gasteiger partial charge in [0.15, 0.2) is 0 Å². The van der Waals surface area contributed by atoms with Crippen molar-refractivity contribution in [2.75, 3.05) is 6.54 Å². The van der Waals surface area contributed by atoms with Crippen LogP contribution in [0, 0.1) is 5.92 Å². The Balaban J connectivity index is 2.70. The maximum atomic E-state index is 4.51. The lowest BCUT2D eigenvalue weighted by atomic mass is 9.91. The third kappa shape index (κ3) is 4.13. The van der Waals surface area contributed by atoms with Crippen molar-refractivity contribution in [2.45, 2.75) is 66.0 Å². The van der Waals surface area contributed by atoms with E-state index in [1.165, 1.54) is 25.1 Å². The first-order valence-corrected chi connectivity index (χ1v) is 7.50. The molecular formula is C15H29N3. The Morgan fingerprint density at radius 3 is 2.50 bits per heavy atom. The summed E-state index contributed by atoms with van der Waals surface area (Å²) in [6, 6.07) is 0.563. The van der Waals surface area contributed by atoms with Gasteiger partial charge in [0.05, 0.1) is 0 Å². The number of hydrogen-bond donors (Lipinski definition) is 1. The molecule has 0 amide bonds. The van der Waals surface area contributed by atoms with E-state index < -0.39 is 0 Å². The van der Waals surface area contributed by atoms with Crippen LogP contribution in [0.15, 0.2) is 12.4 Å². The number of nitrogens with zero attached hydrogens (tertiary/aromatic N) is 2. The molecule has 1 unspecified atom stereocenters. The van der Waals surface area contributed by atoms with Crippen LogP contribution in [0.4, 0.5) is 0 Å². The lowest BCUT2D eigenvalue weighted by Gasteiger charge is -2.26. The quantitative estimate of drug-likeness (QED) is 0.730. The Hall–Kier alpha value is -0.830. The van der Waals surface area contributed by atoms with Gasteiger partial charge in [-0.15, -0.1) is 0 Å². The highest BCUT2D eigenvalue weighted by atomic mass is 15.1. The van der Waals surface area contributed by atoms with Gasteiger partial charge in [-0.2, -0.15) is 0 Å². The number of rotatable bonds is 9. The van der Waals surface area contributed by atoms with Crippen LogP contribution in [0.2, 0.25) is 0 Å². The van der Waals surface area contributed by atoms with Crippen molar-refractivity contribution in [2.24, 2.45) is 5.92 Å². The van der Waals surface area contributed by atoms with Gasteiger partial charge in [-0.3, -0.25) is 0 Å². The molecule has 1 atom stereocenters. The topological polar surface area (TPSA) is 29.9 Å². The van der Waals surface area contributed by atoms with E-state index in [9.17, 15) is 0 Å². The monoisotopic (exact) mass is 251 g/mol. The Morgan fingerprint density at radius 1 is 1.22 bits per heavy atom. The van der Waals surface area contributed by atoms with Crippen LogP contribution in [0.1, 0.15) is 52.8 Å². The highest BCUT2D eigenvalue weighted by molar-refractivity contribution is 4.96. The van der Waals surface area contributed by atoms with Gasteiger partial charge in [0.1, 0.15) is 5.82 Å². The second kappa shape index (κ2) is 8.30. The lowest BCUT2D eigenvalue weighted by molar-refractivity contribution is 0.325. The van der Waals surface area contributed by atoms with Crippen molar-refractivity contribution in [3.8, 4) is 0 Å². The maximum Gasteiger partial charge on any atom is 0.110 e. The highest BCUT2D eigenvalue weighted by Gasteiger charge is 2.19. The normalized spacial score (nSPS) is 13.2. The minimum absolute atomic E-state index is 0.563. The molecule has 0 aromatic carbocycles. The molecule has 1 N–H and O–H groups in total. The van der Waals surface area contributed by atoms with E-state index in [2.05, 4.69) is 48.8 Å². The molecule has 1 rings (SSSR count). The van der Waals surface area contributed by atoms with Gasteiger partial charge in [-0.1, -0.05) is 33.6 Å². The summed E-state index contributed by atoms with van der Waals surface area (Å²) in [5, 5.41) is 3.71. The third-order valence-corrected chi connectivity index (χ3v) is 3.82. The minimum Gasteiger partial charge on any atom is -0.335 e. The number of aromatic nitrogens is 2. The van der Waals surface area contributed by atoms with Gasteiger partial charge in [-0.05, 0) is 25.8 Å². The van der Waals surface area contributed by atoms with Crippen LogP contribution in [-0.2, 0) is 13.0 Å². The van der Waals surface area contributed by atoms with Crippen LogP contribution < -0.4 is 5.32 Å². The molecule has 0 aliphatic heterocycles. The molecule has 0 saturated heterocycles. The second-order valence-electron chi connectivity index (χ2n) is 4.97. The van der Waals surface area contributed by atoms with Gasteiger partial charge in [0.2, 0.25) is 0 Å². The molecule has 0 radical (unpaired) electrons. The first-order valence-electron chi connectivity index (χ1n) is 7.50. The molecule has 1 aromatic rings. The van der Waals surface area contributed by atoms with E-state index in [4.69, 9.17) is 0 Å². The fourth-order valence-electron chi connectivity index (χ4n) is 2.61. The Labute approximate surface area is 112 Å². The summed E-state index contributed by atoms with van der Waals surface area (Å²) in [5.74, 6) is 1.97. The maximum absolute atomic E-state index is 4.51. The second-order valence-corrected chi connectivity index (χ2v) is 4.97. The largest absolute Gasteiger partial charge is 0.335 e. The number of hydrogen-bond acceptors (Lipinski definition) is 2. The zero-order valence-electron chi connectivity index (χ0n) is 12.4. The van der Waals surface area contributed by atoms with E-state index in [0.717, 1.165) is 25.4 Å². The molecule has 3 heteroatoms. The van der Waals surface area contributed by atoms with Gasteiger partial charge in [-0.25, -0.2) is 4.98 Å². The van der Waals surface area contributed by atoms with Crippen molar-refractivity contribution in [3.05, 3.63) is 18.2 Å². The SMILES string of the molecule is CCCNC(Cc1nccn1CC)C(CC)CC. The molecule has 18 heavy (non-hydrogen) atoms. The van der Waals surface area contributed by atoms with Gasteiger partial charge in [0.25, 0.3) is 0 Å². The average Bonchev–Trinajstić information content (AvgIpc) is 2.84. The fraction of sp³-hybridized carbons (Fsp3) is 0.800. The van der Waals surface area contributed by atoms with Crippen molar-refractivity contribution < 1.29 is 0 Å². The summed E-state index contributed by atoms with van der Waals surface area (Å²) in [5.41, 5.74) is 0. The predicted molar refractivity (Wildman–Crippen MR) is 77.8 cm³/mol. The highest BCUT2D eigenvalue weighted by Crippen LogP contribution is 2.17. The van der Waals surface area contributed by atoms with E-state index in [1.54, 1.807) is 0 Å². The molecule has 3 nitrogen and oxygen atoms in total. The van der Waals surface area contributed by atoms with Gasteiger partial charge >= 0.3 is 0 Å². The summed E-state index contributed by atoms with van der Waals surface area (Å²) < 4.78 is 2.25. The van der Waals surface area contributed by atoms with Crippen LogP contribution in [0.5, 0.6) is 0 Å². The number of aryl methyl sites for hydroxylation is 1. The molecule has 0 spiro atoms. The molecule has 0 fully saturated rings. The molecule has 0 bridgehead atoms. The molecule has 1 aromatic heterocycles. The fourth-order valence-corrected chi connectivity index (χ4v) is 2.61. The van der Waals surface area contributed by atoms with Crippen LogP contribution in [-0.4, -0.2) is 22.1 Å². The number of nitrogens with one attached hydrogen (secondary N) is 1. The van der Waals surface area contributed by atoms with Crippen molar-refractivity contribution in [1.82, 2.24) is 14.9 Å². The van der Waals surface area contributed by atoms with Crippen molar-refractivity contribution >= 4 is 0 Å². The van der Waals surface area contributed by atoms with E-state index >= 15 is 0 Å². The Bertz CT molecular complexity index is 315. The lowest BCUT2D eigenvalue weighted by Crippen LogP contribution is -2.39. The zero-order chi connectivity index (χ0) is 13.4. The van der Waals surface area contributed by atoms with Gasteiger partial charge in [0, 0.05) is 31.4 Å². The smallest absolute Gasteiger partial charge is 0.110 e. The molecule has 0 saturated carbocycles. The summed E-state index contributed by atoms with van der Waals surface area (Å²) in [4.78, 5) is 4.51. The minimum atomic E-state index is 0.563. The van der Waals surface area contributed by atoms with Gasteiger partial charge < -0.3 is 9.88 Å². The first kappa shape index (κ1) is 15.2. The summed E-state index contributed by atoms with van der Waals surface area (Å²) in [6.07, 6.45) is 8.73. The van der Waals surface area contributed by atoms with Crippen molar-refractivity contribution in [3.63, 3.8) is 0 Å². The molecule has 104 valence electrons. The Morgan fingerprint density at radius 2 is 1.94 bits per heavy atom. The first-order chi connectivity index (χ1) is 8.76. The summed E-state index contributed by atoms with van der Waals surface area (Å²) in [6.45, 7) is 11.1. The molecule has 0 aliphatic rings. The molecule has 0 aliphatic carbocycles. The molecular weight excluding hydrogens is 222 g/mol. The van der Waals surface area contributed by atoms with Crippen molar-refractivity contribution in [1.29, 1.82) is 0 Å². The Kier molecular flexibility index (Phi) is 7.02. The van der Waals surface area contributed by atoms with E-state index in [1.807, 2.05) is 6.20 Å².